The van der Waals surface area contributed by atoms with Gasteiger partial charge in [-0.3, -0.25) is 0 Å². The van der Waals surface area contributed by atoms with Gasteiger partial charge in [0.05, 0.1) is 13.2 Å². The maximum Gasteiger partial charge on any atom is 0.191 e. The van der Waals surface area contributed by atoms with E-state index in [0.29, 0.717) is 24.2 Å². The van der Waals surface area contributed by atoms with Crippen molar-refractivity contribution in [2.75, 3.05) is 50.5 Å². The van der Waals surface area contributed by atoms with Crippen LogP contribution >= 0.6 is 11.8 Å². The quantitative estimate of drug-likeness (QED) is 0.185. The molecule has 7 nitrogen and oxygen atoms in total. The van der Waals surface area contributed by atoms with Gasteiger partial charge in [0.1, 0.15) is 11.6 Å². The van der Waals surface area contributed by atoms with Gasteiger partial charge >= 0.3 is 0 Å². The lowest BCUT2D eigenvalue weighted by molar-refractivity contribution is 0.0691. The molecule has 114 valence electrons. The van der Waals surface area contributed by atoms with Gasteiger partial charge in [0, 0.05) is 26.3 Å². The van der Waals surface area contributed by atoms with Crippen molar-refractivity contribution in [3.63, 3.8) is 0 Å². The van der Waals surface area contributed by atoms with Gasteiger partial charge in [0.2, 0.25) is 0 Å². The van der Waals surface area contributed by atoms with Crippen molar-refractivity contribution in [3.05, 3.63) is 6.07 Å². The van der Waals surface area contributed by atoms with Gasteiger partial charge in [-0.25, -0.2) is 15.8 Å². The number of unbranched alkanes of at least 4 members (excludes halogenated alkanes) is 1. The first-order valence-corrected chi connectivity index (χ1v) is 7.73. The Morgan fingerprint density at radius 2 is 2.00 bits per heavy atom. The summed E-state index contributed by atoms with van der Waals surface area (Å²) in [6.07, 6.45) is 3.94. The molecular formula is C12H23N5O2S. The molecule has 0 spiro atoms. The lowest BCUT2D eigenvalue weighted by Crippen LogP contribution is -2.12. The fraction of sp³-hybridized carbons (Fsp3) is 0.667. The zero-order chi connectivity index (χ0) is 14.6. The number of thioether (sulfide) groups is 1. The molecule has 0 aliphatic heterocycles. The summed E-state index contributed by atoms with van der Waals surface area (Å²) in [5, 5.41) is 3.94. The van der Waals surface area contributed by atoms with Crippen LogP contribution in [0.4, 0.5) is 11.6 Å². The second kappa shape index (κ2) is 10.7. The highest BCUT2D eigenvalue weighted by molar-refractivity contribution is 7.98. The summed E-state index contributed by atoms with van der Waals surface area (Å²) in [6.45, 7) is 2.88. The molecule has 0 atom stereocenters. The molecular weight excluding hydrogens is 278 g/mol. The van der Waals surface area contributed by atoms with E-state index in [9.17, 15) is 0 Å². The fourth-order valence-corrected chi connectivity index (χ4v) is 1.85. The molecule has 1 aromatic rings. The van der Waals surface area contributed by atoms with E-state index in [0.717, 1.165) is 31.8 Å². The summed E-state index contributed by atoms with van der Waals surface area (Å²) in [5.41, 5.74) is 2.54. The minimum absolute atomic E-state index is 0.606. The lowest BCUT2D eigenvalue weighted by atomic mass is 10.3. The SMILES string of the molecule is COCCOCCCCNc1cc(NN)nc(SC)n1. The van der Waals surface area contributed by atoms with Crippen molar-refractivity contribution in [1.29, 1.82) is 0 Å². The van der Waals surface area contributed by atoms with Crippen molar-refractivity contribution in [2.24, 2.45) is 5.84 Å². The molecule has 0 aromatic carbocycles. The number of hydrogen-bond acceptors (Lipinski definition) is 8. The van der Waals surface area contributed by atoms with Crippen LogP contribution in [0.15, 0.2) is 11.2 Å². The van der Waals surface area contributed by atoms with Crippen LogP contribution in [0, 0.1) is 0 Å². The van der Waals surface area contributed by atoms with Crippen LogP contribution in [0.3, 0.4) is 0 Å². The molecule has 20 heavy (non-hydrogen) atoms. The van der Waals surface area contributed by atoms with Crippen molar-refractivity contribution in [2.45, 2.75) is 18.0 Å². The second-order valence-corrected chi connectivity index (χ2v) is 4.78. The number of anilines is 2. The average Bonchev–Trinajstić information content (AvgIpc) is 2.49. The molecule has 4 N–H and O–H groups in total. The summed E-state index contributed by atoms with van der Waals surface area (Å²) < 4.78 is 10.3. The smallest absolute Gasteiger partial charge is 0.191 e. The third-order valence-corrected chi connectivity index (χ3v) is 3.04. The van der Waals surface area contributed by atoms with E-state index in [1.165, 1.54) is 11.8 Å². The van der Waals surface area contributed by atoms with Crippen LogP contribution in [0.25, 0.3) is 0 Å². The first-order valence-electron chi connectivity index (χ1n) is 6.50. The first-order chi connectivity index (χ1) is 9.80. The molecule has 0 amide bonds. The highest BCUT2D eigenvalue weighted by atomic mass is 32.2. The molecule has 1 aromatic heterocycles. The van der Waals surface area contributed by atoms with E-state index < -0.39 is 0 Å². The monoisotopic (exact) mass is 301 g/mol. The van der Waals surface area contributed by atoms with Gasteiger partial charge in [0.25, 0.3) is 0 Å². The molecule has 0 fully saturated rings. The number of nitrogens with two attached hydrogens (primary N) is 1. The molecule has 0 saturated carbocycles. The molecule has 1 heterocycles. The average molecular weight is 301 g/mol. The highest BCUT2D eigenvalue weighted by Gasteiger charge is 2.02. The third-order valence-electron chi connectivity index (χ3n) is 2.49. The topological polar surface area (TPSA) is 94.3 Å². The van der Waals surface area contributed by atoms with Crippen LogP contribution in [-0.2, 0) is 9.47 Å². The molecule has 1 rings (SSSR count). The first kappa shape index (κ1) is 17.0. The van der Waals surface area contributed by atoms with Crippen LogP contribution in [0.5, 0.6) is 0 Å². The number of rotatable bonds is 11. The van der Waals surface area contributed by atoms with Crippen LogP contribution in [0.2, 0.25) is 0 Å². The van der Waals surface area contributed by atoms with E-state index in [2.05, 4.69) is 20.7 Å². The van der Waals surface area contributed by atoms with Crippen molar-refractivity contribution in [1.82, 2.24) is 9.97 Å². The number of nitrogens with zero attached hydrogens (tertiary/aromatic N) is 2. The molecule has 0 bridgehead atoms. The third kappa shape index (κ3) is 6.90. The Bertz CT molecular complexity index is 359. The standard InChI is InChI=1S/C12H23N5O2S/c1-18-7-8-19-6-4-3-5-14-10-9-11(17-13)16-12(15-10)20-2/h9H,3-8,13H2,1-2H3,(H2,14,15,16,17). The van der Waals surface area contributed by atoms with Gasteiger partial charge in [-0.1, -0.05) is 11.8 Å². The number of ether oxygens (including phenoxy) is 2. The van der Waals surface area contributed by atoms with Crippen molar-refractivity contribution < 1.29 is 9.47 Å². The Labute approximate surface area is 124 Å². The number of hydrazine groups is 1. The Hall–Kier alpha value is -1.09. The van der Waals surface area contributed by atoms with E-state index >= 15 is 0 Å². The van der Waals surface area contributed by atoms with Crippen LogP contribution < -0.4 is 16.6 Å². The minimum Gasteiger partial charge on any atom is -0.382 e. The second-order valence-electron chi connectivity index (χ2n) is 4.01. The zero-order valence-corrected chi connectivity index (χ0v) is 12.8. The maximum atomic E-state index is 5.39. The summed E-state index contributed by atoms with van der Waals surface area (Å²) in [7, 11) is 1.67. The lowest BCUT2D eigenvalue weighted by Gasteiger charge is -2.09. The van der Waals surface area contributed by atoms with Crippen molar-refractivity contribution in [3.8, 4) is 0 Å². The van der Waals surface area contributed by atoms with E-state index in [-0.39, 0.29) is 0 Å². The largest absolute Gasteiger partial charge is 0.382 e. The molecule has 0 aliphatic rings. The number of aromatic nitrogens is 2. The predicted molar refractivity (Wildman–Crippen MR) is 82.0 cm³/mol. The van der Waals surface area contributed by atoms with Crippen molar-refractivity contribution >= 4 is 23.4 Å². The van der Waals surface area contributed by atoms with E-state index in [1.807, 2.05) is 6.26 Å². The van der Waals surface area contributed by atoms with E-state index in [1.54, 1.807) is 13.2 Å². The van der Waals surface area contributed by atoms with Gasteiger partial charge in [-0.2, -0.15) is 0 Å². The van der Waals surface area contributed by atoms with Crippen LogP contribution in [-0.4, -0.2) is 49.7 Å². The Balaban J connectivity index is 2.21. The molecule has 8 heteroatoms. The highest BCUT2D eigenvalue weighted by Crippen LogP contribution is 2.16. The van der Waals surface area contributed by atoms with Gasteiger partial charge < -0.3 is 20.2 Å². The summed E-state index contributed by atoms with van der Waals surface area (Å²) >= 11 is 1.48. The van der Waals surface area contributed by atoms with Gasteiger partial charge in [0.15, 0.2) is 5.16 Å². The molecule has 0 saturated heterocycles. The van der Waals surface area contributed by atoms with Gasteiger partial charge in [-0.05, 0) is 19.1 Å². The minimum atomic E-state index is 0.606. The summed E-state index contributed by atoms with van der Waals surface area (Å²) in [4.78, 5) is 8.56. The molecule has 0 aliphatic carbocycles. The summed E-state index contributed by atoms with van der Waals surface area (Å²) in [5.74, 6) is 6.75. The van der Waals surface area contributed by atoms with Gasteiger partial charge in [-0.15, -0.1) is 0 Å². The van der Waals surface area contributed by atoms with E-state index in [4.69, 9.17) is 15.3 Å². The fourth-order valence-electron chi connectivity index (χ4n) is 1.47. The molecule has 0 radical (unpaired) electrons. The number of nitrogens with one attached hydrogen (secondary N) is 2. The predicted octanol–water partition coefficient (Wildman–Crippen LogP) is 1.34. The normalized spacial score (nSPS) is 10.6. The Kier molecular flexibility index (Phi) is 9.05. The number of nitrogen functional groups attached to an aromatic ring is 1. The molecule has 0 unspecified atom stereocenters. The number of methoxy groups -OCH3 is 1. The number of hydrogen-bond donors (Lipinski definition) is 3. The maximum absolute atomic E-state index is 5.39. The Morgan fingerprint density at radius 3 is 2.70 bits per heavy atom. The zero-order valence-electron chi connectivity index (χ0n) is 12.0. The van der Waals surface area contributed by atoms with Crippen LogP contribution in [0.1, 0.15) is 12.8 Å². The Morgan fingerprint density at radius 1 is 1.20 bits per heavy atom. The summed E-state index contributed by atoms with van der Waals surface area (Å²) in [6, 6.07) is 1.79.